The Kier molecular flexibility index (Phi) is 5.21. The first-order valence-electron chi connectivity index (χ1n) is 2.51. The van der Waals surface area contributed by atoms with Gasteiger partial charge in [0, 0.05) is 13.3 Å². The fourth-order valence-corrected chi connectivity index (χ4v) is 0.667. The van der Waals surface area contributed by atoms with E-state index in [2.05, 4.69) is 16.6 Å². The van der Waals surface area contributed by atoms with Crippen molar-refractivity contribution in [3.05, 3.63) is 12.7 Å². The van der Waals surface area contributed by atoms with Gasteiger partial charge in [0.15, 0.2) is 5.17 Å². The predicted molar refractivity (Wildman–Crippen MR) is 45.6 cm³/mol. The molecule has 0 spiro atoms. The first-order valence-corrected chi connectivity index (χ1v) is 3.73. The SMILES string of the molecule is C=CC=NC(=NC)SC. The lowest BCUT2D eigenvalue weighted by Crippen LogP contribution is -1.83. The zero-order valence-electron chi connectivity index (χ0n) is 5.66. The molecule has 9 heavy (non-hydrogen) atoms. The van der Waals surface area contributed by atoms with Gasteiger partial charge in [-0.2, -0.15) is 0 Å². The van der Waals surface area contributed by atoms with Crippen LogP contribution in [0.3, 0.4) is 0 Å². The number of allylic oxidation sites excluding steroid dienone is 1. The lowest BCUT2D eigenvalue weighted by Gasteiger charge is -1.88. The van der Waals surface area contributed by atoms with Crippen LogP contribution in [0.2, 0.25) is 0 Å². The summed E-state index contributed by atoms with van der Waals surface area (Å²) in [6.45, 7) is 3.49. The summed E-state index contributed by atoms with van der Waals surface area (Å²) >= 11 is 1.51. The van der Waals surface area contributed by atoms with E-state index in [4.69, 9.17) is 0 Å². The van der Waals surface area contributed by atoms with Crippen molar-refractivity contribution in [2.24, 2.45) is 9.98 Å². The van der Waals surface area contributed by atoms with Gasteiger partial charge in [-0.1, -0.05) is 24.4 Å². The van der Waals surface area contributed by atoms with E-state index in [0.717, 1.165) is 5.17 Å². The molecule has 0 unspecified atom stereocenters. The van der Waals surface area contributed by atoms with Crippen LogP contribution in [-0.2, 0) is 0 Å². The van der Waals surface area contributed by atoms with E-state index >= 15 is 0 Å². The summed E-state index contributed by atoms with van der Waals surface area (Å²) < 4.78 is 0. The van der Waals surface area contributed by atoms with Gasteiger partial charge in [0.25, 0.3) is 0 Å². The number of amidine groups is 1. The Morgan fingerprint density at radius 2 is 2.33 bits per heavy atom. The zero-order valence-corrected chi connectivity index (χ0v) is 6.48. The molecule has 0 amide bonds. The Morgan fingerprint density at radius 3 is 2.67 bits per heavy atom. The molecule has 3 heteroatoms. The molecule has 0 saturated carbocycles. The van der Waals surface area contributed by atoms with Gasteiger partial charge in [0.2, 0.25) is 0 Å². The summed E-state index contributed by atoms with van der Waals surface area (Å²) in [5, 5.41) is 0.773. The quantitative estimate of drug-likeness (QED) is 0.403. The largest absolute Gasteiger partial charge is 0.264 e. The second-order valence-corrected chi connectivity index (χ2v) is 2.00. The van der Waals surface area contributed by atoms with Crippen molar-refractivity contribution in [1.29, 1.82) is 0 Å². The van der Waals surface area contributed by atoms with E-state index in [1.807, 2.05) is 6.26 Å². The molecule has 0 aromatic heterocycles. The monoisotopic (exact) mass is 142 g/mol. The number of thioether (sulfide) groups is 1. The third kappa shape index (κ3) is 3.97. The van der Waals surface area contributed by atoms with Crippen LogP contribution >= 0.6 is 11.8 Å². The summed E-state index contributed by atoms with van der Waals surface area (Å²) in [5.41, 5.74) is 0. The first kappa shape index (κ1) is 8.43. The van der Waals surface area contributed by atoms with Crippen LogP contribution in [0.1, 0.15) is 0 Å². The van der Waals surface area contributed by atoms with E-state index in [9.17, 15) is 0 Å². The Labute approximate surface area is 59.8 Å². The molecule has 0 fully saturated rings. The smallest absolute Gasteiger partial charge is 0.182 e. The molecular formula is C6H10N2S. The molecule has 0 N–H and O–H groups in total. The van der Waals surface area contributed by atoms with Crippen molar-refractivity contribution in [3.8, 4) is 0 Å². The number of nitrogens with zero attached hydrogens (tertiary/aromatic N) is 2. The molecule has 0 bridgehead atoms. The molecule has 50 valence electrons. The van der Waals surface area contributed by atoms with Crippen molar-refractivity contribution >= 4 is 23.1 Å². The summed E-state index contributed by atoms with van der Waals surface area (Å²) in [7, 11) is 1.71. The average Bonchev–Trinajstić information content (AvgIpc) is 1.91. The highest BCUT2D eigenvalue weighted by molar-refractivity contribution is 8.13. The Bertz CT molecular complexity index is 138. The molecule has 0 aliphatic heterocycles. The molecule has 0 saturated heterocycles. The maximum Gasteiger partial charge on any atom is 0.182 e. The average molecular weight is 142 g/mol. The van der Waals surface area contributed by atoms with Gasteiger partial charge in [-0.3, -0.25) is 4.99 Å². The highest BCUT2D eigenvalue weighted by Crippen LogP contribution is 1.96. The van der Waals surface area contributed by atoms with Crippen LogP contribution in [0.5, 0.6) is 0 Å². The fraction of sp³-hybridized carbons (Fsp3) is 0.333. The molecule has 0 atom stereocenters. The number of rotatable bonds is 1. The maximum absolute atomic E-state index is 3.95. The van der Waals surface area contributed by atoms with Gasteiger partial charge in [-0.05, 0) is 6.26 Å². The Hall–Kier alpha value is -0.570. The molecule has 0 aromatic rings. The Morgan fingerprint density at radius 1 is 1.67 bits per heavy atom. The maximum atomic E-state index is 3.95. The standard InChI is InChI=1S/C6H10N2S/c1-4-5-8-6(7-2)9-3/h4-5H,1H2,2-3H3. The lowest BCUT2D eigenvalue weighted by molar-refractivity contribution is 1.44. The van der Waals surface area contributed by atoms with Crippen molar-refractivity contribution < 1.29 is 0 Å². The molecule has 0 aromatic carbocycles. The fourth-order valence-electron chi connectivity index (χ4n) is 0.318. The third-order valence-corrected chi connectivity index (χ3v) is 1.32. The molecular weight excluding hydrogens is 132 g/mol. The van der Waals surface area contributed by atoms with Gasteiger partial charge in [0.05, 0.1) is 0 Å². The lowest BCUT2D eigenvalue weighted by atomic mass is 10.7. The molecule has 0 radical (unpaired) electrons. The second kappa shape index (κ2) is 5.56. The van der Waals surface area contributed by atoms with E-state index in [1.165, 1.54) is 11.8 Å². The van der Waals surface area contributed by atoms with E-state index in [-0.39, 0.29) is 0 Å². The van der Waals surface area contributed by atoms with Crippen LogP contribution in [0.4, 0.5) is 0 Å². The third-order valence-electron chi connectivity index (χ3n) is 0.664. The van der Waals surface area contributed by atoms with Crippen molar-refractivity contribution in [2.45, 2.75) is 0 Å². The van der Waals surface area contributed by atoms with Crippen LogP contribution in [0.15, 0.2) is 22.6 Å². The van der Waals surface area contributed by atoms with E-state index in [0.29, 0.717) is 0 Å². The molecule has 2 nitrogen and oxygen atoms in total. The second-order valence-electron chi connectivity index (χ2n) is 1.22. The topological polar surface area (TPSA) is 24.7 Å². The van der Waals surface area contributed by atoms with Crippen LogP contribution < -0.4 is 0 Å². The predicted octanol–water partition coefficient (Wildman–Crippen LogP) is 1.59. The molecule has 0 aliphatic rings. The summed E-state index contributed by atoms with van der Waals surface area (Å²) in [6, 6.07) is 0. The molecule has 0 heterocycles. The van der Waals surface area contributed by atoms with Gasteiger partial charge >= 0.3 is 0 Å². The van der Waals surface area contributed by atoms with Gasteiger partial charge in [-0.25, -0.2) is 4.99 Å². The highest BCUT2D eigenvalue weighted by atomic mass is 32.2. The van der Waals surface area contributed by atoms with Crippen LogP contribution in [-0.4, -0.2) is 24.7 Å². The van der Waals surface area contributed by atoms with Crippen LogP contribution in [0, 0.1) is 0 Å². The normalized spacial score (nSPS) is 12.4. The minimum Gasteiger partial charge on any atom is -0.264 e. The van der Waals surface area contributed by atoms with E-state index in [1.54, 1.807) is 19.3 Å². The van der Waals surface area contributed by atoms with Crippen molar-refractivity contribution in [3.63, 3.8) is 0 Å². The first-order chi connectivity index (χ1) is 4.35. The van der Waals surface area contributed by atoms with Crippen molar-refractivity contribution in [1.82, 2.24) is 0 Å². The minimum atomic E-state index is 0.773. The van der Waals surface area contributed by atoms with E-state index < -0.39 is 0 Å². The molecule has 0 aliphatic carbocycles. The Balaban J connectivity index is 3.84. The van der Waals surface area contributed by atoms with Gasteiger partial charge < -0.3 is 0 Å². The number of hydrogen-bond acceptors (Lipinski definition) is 2. The van der Waals surface area contributed by atoms with Gasteiger partial charge in [-0.15, -0.1) is 0 Å². The number of aliphatic imine (C=N–C) groups is 2. The summed E-state index contributed by atoms with van der Waals surface area (Å²) in [6.07, 6.45) is 5.18. The number of hydrogen-bond donors (Lipinski definition) is 0. The van der Waals surface area contributed by atoms with Gasteiger partial charge in [0.1, 0.15) is 0 Å². The minimum absolute atomic E-state index is 0.773. The summed E-state index contributed by atoms with van der Waals surface area (Å²) in [5.74, 6) is 0. The summed E-state index contributed by atoms with van der Waals surface area (Å²) in [4.78, 5) is 7.83. The zero-order chi connectivity index (χ0) is 7.11. The van der Waals surface area contributed by atoms with Crippen molar-refractivity contribution in [2.75, 3.05) is 13.3 Å². The molecule has 0 rings (SSSR count). The van der Waals surface area contributed by atoms with Crippen LogP contribution in [0.25, 0.3) is 0 Å². The highest BCUT2D eigenvalue weighted by Gasteiger charge is 1.84.